The van der Waals surface area contributed by atoms with Crippen LogP contribution < -0.4 is 0 Å². The average molecular weight is 671 g/mol. The summed E-state index contributed by atoms with van der Waals surface area (Å²) in [6.07, 6.45) is 0. The van der Waals surface area contributed by atoms with Crippen molar-refractivity contribution in [3.8, 4) is 22.3 Å². The third kappa shape index (κ3) is 3.88. The lowest BCUT2D eigenvalue weighted by molar-refractivity contribution is 0.582. The van der Waals surface area contributed by atoms with Gasteiger partial charge in [0.1, 0.15) is 0 Å². The minimum atomic E-state index is -0.213. The summed E-state index contributed by atoms with van der Waals surface area (Å²) in [5, 5.41) is 0. The molecule has 52 heavy (non-hydrogen) atoms. The van der Waals surface area contributed by atoms with Crippen LogP contribution in [0.2, 0.25) is 0 Å². The van der Waals surface area contributed by atoms with Crippen LogP contribution >= 0.6 is 0 Å². The fraction of sp³-hybridized carbons (Fsp3) is 0.231. The summed E-state index contributed by atoms with van der Waals surface area (Å²) in [6.45, 7) is 19.5. The average Bonchev–Trinajstić information content (AvgIpc) is 3.71. The Kier molecular flexibility index (Phi) is 6.20. The van der Waals surface area contributed by atoms with Crippen LogP contribution in [-0.4, -0.2) is 0 Å². The van der Waals surface area contributed by atoms with Gasteiger partial charge in [-0.05, 0) is 112 Å². The second kappa shape index (κ2) is 10.2. The predicted molar refractivity (Wildman–Crippen MR) is 219 cm³/mol. The number of rotatable bonds is 3. The first-order valence-electron chi connectivity index (χ1n) is 19.0. The van der Waals surface area contributed by atoms with Gasteiger partial charge >= 0.3 is 0 Å². The van der Waals surface area contributed by atoms with Crippen molar-refractivity contribution < 1.29 is 0 Å². The number of hydrogen-bond donors (Lipinski definition) is 0. The molecule has 0 heterocycles. The summed E-state index contributed by atoms with van der Waals surface area (Å²) in [4.78, 5) is 0. The van der Waals surface area contributed by atoms with Crippen LogP contribution in [0.4, 0.5) is 0 Å². The molecule has 10 rings (SSSR count). The monoisotopic (exact) mass is 670 g/mol. The first-order chi connectivity index (χ1) is 24.8. The molecule has 0 bridgehead atoms. The summed E-state index contributed by atoms with van der Waals surface area (Å²) in [5.74, 6) is 0. The van der Waals surface area contributed by atoms with Crippen LogP contribution in [-0.2, 0) is 21.7 Å². The van der Waals surface area contributed by atoms with Crippen LogP contribution in [0.15, 0.2) is 145 Å². The minimum absolute atomic E-state index is 0.0710. The van der Waals surface area contributed by atoms with Crippen LogP contribution in [0, 0.1) is 0 Å². The zero-order chi connectivity index (χ0) is 35.9. The molecule has 0 amide bonds. The molecule has 0 heteroatoms. The minimum Gasteiger partial charge on any atom is -0.0619 e. The van der Waals surface area contributed by atoms with Crippen molar-refractivity contribution in [2.75, 3.05) is 0 Å². The summed E-state index contributed by atoms with van der Waals surface area (Å²) < 4.78 is 0. The van der Waals surface area contributed by atoms with E-state index in [1.165, 1.54) is 100 Å². The van der Waals surface area contributed by atoms with E-state index in [-0.39, 0.29) is 21.7 Å². The normalized spacial score (nSPS) is 18.8. The Balaban J connectivity index is 1.29. The molecule has 0 nitrogen and oxygen atoms in total. The molecule has 0 saturated heterocycles. The number of fused-ring (bicyclic) bond motifs is 8. The standard InChI is InChI=1S/C52H46/c1-49(2)39-21-13-9-17-33(39)35-27-25-31(29-43(35)49)45-37-19-11-15-23-41(37)51(5,6)47(45)48-46(38-20-12-16-24-42(38)52(48,7)8)32-26-28-36-34-18-10-14-22-40(34)50(3,4)44(36)30-32/h9-30H,1-8H3. The maximum Gasteiger partial charge on any atom is 0.0162 e. The fourth-order valence-electron chi connectivity index (χ4n) is 10.9. The van der Waals surface area contributed by atoms with E-state index in [1.54, 1.807) is 0 Å². The van der Waals surface area contributed by atoms with Crippen molar-refractivity contribution in [3.05, 3.63) is 200 Å². The maximum atomic E-state index is 2.54. The lowest BCUT2D eigenvalue weighted by Crippen LogP contribution is -2.27. The largest absolute Gasteiger partial charge is 0.0619 e. The summed E-state index contributed by atoms with van der Waals surface area (Å²) in [5.41, 5.74) is 24.5. The van der Waals surface area contributed by atoms with Crippen LogP contribution in [0.3, 0.4) is 0 Å². The predicted octanol–water partition coefficient (Wildman–Crippen LogP) is 13.2. The summed E-state index contributed by atoms with van der Waals surface area (Å²) in [6, 6.07) is 51.1. The first kappa shape index (κ1) is 31.5. The highest BCUT2D eigenvalue weighted by molar-refractivity contribution is 6.02. The van der Waals surface area contributed by atoms with E-state index in [4.69, 9.17) is 0 Å². The molecule has 0 radical (unpaired) electrons. The quantitative estimate of drug-likeness (QED) is 0.176. The molecule has 0 aliphatic heterocycles. The molecule has 0 unspecified atom stereocenters. The Labute approximate surface area is 309 Å². The first-order valence-corrected chi connectivity index (χ1v) is 19.0. The molecule has 0 atom stereocenters. The van der Waals surface area contributed by atoms with Gasteiger partial charge in [0.15, 0.2) is 0 Å². The third-order valence-electron chi connectivity index (χ3n) is 13.5. The van der Waals surface area contributed by atoms with E-state index in [0.717, 1.165) is 0 Å². The van der Waals surface area contributed by atoms with Crippen molar-refractivity contribution in [2.24, 2.45) is 0 Å². The van der Waals surface area contributed by atoms with Crippen LogP contribution in [0.25, 0.3) is 33.4 Å². The summed E-state index contributed by atoms with van der Waals surface area (Å²) >= 11 is 0. The Morgan fingerprint density at radius 3 is 0.923 bits per heavy atom. The molecular weight excluding hydrogens is 625 g/mol. The Bertz CT molecular complexity index is 2430. The number of hydrogen-bond acceptors (Lipinski definition) is 0. The van der Waals surface area contributed by atoms with Crippen LogP contribution in [0.1, 0.15) is 111 Å². The molecule has 4 aliphatic rings. The van der Waals surface area contributed by atoms with Gasteiger partial charge in [-0.3, -0.25) is 0 Å². The van der Waals surface area contributed by atoms with Gasteiger partial charge in [0.25, 0.3) is 0 Å². The molecule has 0 fully saturated rings. The maximum absolute atomic E-state index is 2.54. The topological polar surface area (TPSA) is 0 Å². The molecule has 0 saturated carbocycles. The van der Waals surface area contributed by atoms with Gasteiger partial charge in [-0.25, -0.2) is 0 Å². The lowest BCUT2D eigenvalue weighted by atomic mass is 9.68. The van der Waals surface area contributed by atoms with E-state index >= 15 is 0 Å². The van der Waals surface area contributed by atoms with Gasteiger partial charge in [0.2, 0.25) is 0 Å². The lowest BCUT2D eigenvalue weighted by Gasteiger charge is -2.34. The zero-order valence-corrected chi connectivity index (χ0v) is 31.7. The molecule has 0 N–H and O–H groups in total. The van der Waals surface area contributed by atoms with Crippen LogP contribution in [0.5, 0.6) is 0 Å². The van der Waals surface area contributed by atoms with E-state index < -0.39 is 0 Å². The second-order valence-corrected chi connectivity index (χ2v) is 17.7. The highest BCUT2D eigenvalue weighted by Gasteiger charge is 2.49. The SMILES string of the molecule is CC1(C)C(C2=C(c3ccc4c(c3)C(C)(C)c3ccccc3-4)c3ccccc3C2(C)C)=C(c2ccc3c(c2)C(C)(C)c2ccccc2-3)c2ccccc21. The fourth-order valence-corrected chi connectivity index (χ4v) is 10.9. The molecule has 0 aromatic heterocycles. The number of benzene rings is 6. The van der Waals surface area contributed by atoms with Gasteiger partial charge < -0.3 is 0 Å². The van der Waals surface area contributed by atoms with Crippen molar-refractivity contribution >= 4 is 11.1 Å². The van der Waals surface area contributed by atoms with Gasteiger partial charge in [-0.2, -0.15) is 0 Å². The van der Waals surface area contributed by atoms with Crippen molar-refractivity contribution in [1.29, 1.82) is 0 Å². The highest BCUT2D eigenvalue weighted by atomic mass is 14.5. The molecule has 6 aromatic rings. The van der Waals surface area contributed by atoms with Gasteiger partial charge in [0, 0.05) is 21.7 Å². The molecular formula is C52H46. The molecule has 254 valence electrons. The van der Waals surface area contributed by atoms with E-state index in [2.05, 4.69) is 189 Å². The van der Waals surface area contributed by atoms with E-state index in [1.807, 2.05) is 0 Å². The Morgan fingerprint density at radius 2 is 0.558 bits per heavy atom. The number of allylic oxidation sites excluding steroid dienone is 2. The van der Waals surface area contributed by atoms with Gasteiger partial charge in [-0.15, -0.1) is 0 Å². The van der Waals surface area contributed by atoms with Gasteiger partial charge in [-0.1, -0.05) is 177 Å². The van der Waals surface area contributed by atoms with E-state index in [9.17, 15) is 0 Å². The van der Waals surface area contributed by atoms with Gasteiger partial charge in [0.05, 0.1) is 0 Å². The smallest absolute Gasteiger partial charge is 0.0162 e. The molecule has 6 aromatic carbocycles. The Morgan fingerprint density at radius 1 is 0.269 bits per heavy atom. The van der Waals surface area contributed by atoms with Crippen molar-refractivity contribution in [2.45, 2.75) is 77.0 Å². The molecule has 0 spiro atoms. The van der Waals surface area contributed by atoms with Crippen molar-refractivity contribution in [1.82, 2.24) is 0 Å². The Hall–Kier alpha value is -5.20. The zero-order valence-electron chi connectivity index (χ0n) is 31.7. The molecule has 4 aliphatic carbocycles. The van der Waals surface area contributed by atoms with E-state index in [0.29, 0.717) is 0 Å². The van der Waals surface area contributed by atoms with Crippen molar-refractivity contribution in [3.63, 3.8) is 0 Å². The second-order valence-electron chi connectivity index (χ2n) is 17.7. The highest BCUT2D eigenvalue weighted by Crippen LogP contribution is 2.61. The summed E-state index contributed by atoms with van der Waals surface area (Å²) in [7, 11) is 0. The third-order valence-corrected chi connectivity index (χ3v) is 13.5.